The largest absolute Gasteiger partial charge is 0.385 e. The maximum Gasteiger partial charge on any atom is 0.258 e. The van der Waals surface area contributed by atoms with E-state index in [0.29, 0.717) is 11.1 Å². The minimum Gasteiger partial charge on any atom is -0.385 e. The molecule has 0 saturated heterocycles. The average Bonchev–Trinajstić information content (AvgIpc) is 2.45. The van der Waals surface area contributed by atoms with Gasteiger partial charge in [0, 0.05) is 34.1 Å². The van der Waals surface area contributed by atoms with Crippen molar-refractivity contribution in [3.63, 3.8) is 0 Å². The van der Waals surface area contributed by atoms with E-state index >= 15 is 0 Å². The number of benzene rings is 2. The van der Waals surface area contributed by atoms with Crippen molar-refractivity contribution in [2.45, 2.75) is 19.8 Å². The maximum absolute atomic E-state index is 11.9. The summed E-state index contributed by atoms with van der Waals surface area (Å²) < 4.78 is 0. The van der Waals surface area contributed by atoms with Gasteiger partial charge in [0.05, 0.1) is 0 Å². The fraction of sp³-hybridized carbons (Fsp3) is 0.250. The van der Waals surface area contributed by atoms with Crippen LogP contribution in [-0.2, 0) is 0 Å². The average molecular weight is 268 g/mol. The molecule has 20 heavy (non-hydrogen) atoms. The summed E-state index contributed by atoms with van der Waals surface area (Å²) in [6.45, 7) is 3.03. The third kappa shape index (κ3) is 1.93. The molecule has 4 heteroatoms. The van der Waals surface area contributed by atoms with Gasteiger partial charge in [-0.15, -0.1) is 0 Å². The Hall–Kier alpha value is -2.36. The number of carbonyl (C=O) groups is 2. The van der Waals surface area contributed by atoms with E-state index < -0.39 is 0 Å². The lowest BCUT2D eigenvalue weighted by atomic mass is 9.94. The number of amides is 2. The number of unbranched alkanes of at least 4 members (excludes halogenated alkanes) is 1. The van der Waals surface area contributed by atoms with E-state index in [2.05, 4.69) is 17.6 Å². The van der Waals surface area contributed by atoms with Crippen LogP contribution in [0.4, 0.5) is 5.69 Å². The van der Waals surface area contributed by atoms with Crippen molar-refractivity contribution in [2.75, 3.05) is 11.9 Å². The van der Waals surface area contributed by atoms with Gasteiger partial charge in [0.25, 0.3) is 11.8 Å². The predicted molar refractivity (Wildman–Crippen MR) is 79.1 cm³/mol. The van der Waals surface area contributed by atoms with Crippen LogP contribution in [0.1, 0.15) is 40.5 Å². The van der Waals surface area contributed by atoms with Crippen LogP contribution >= 0.6 is 0 Å². The summed E-state index contributed by atoms with van der Waals surface area (Å²) in [5, 5.41) is 7.43. The van der Waals surface area contributed by atoms with Crippen LogP contribution in [0.15, 0.2) is 30.3 Å². The molecule has 0 saturated carbocycles. The Labute approximate surface area is 117 Å². The summed E-state index contributed by atoms with van der Waals surface area (Å²) in [7, 11) is 0. The van der Waals surface area contributed by atoms with Gasteiger partial charge in [-0.1, -0.05) is 25.5 Å². The zero-order chi connectivity index (χ0) is 14.1. The summed E-state index contributed by atoms with van der Waals surface area (Å²) in [6.07, 6.45) is 2.21. The van der Waals surface area contributed by atoms with E-state index in [4.69, 9.17) is 0 Å². The van der Waals surface area contributed by atoms with Gasteiger partial charge in [-0.25, -0.2) is 0 Å². The van der Waals surface area contributed by atoms with Crippen molar-refractivity contribution in [3.8, 4) is 0 Å². The fourth-order valence-corrected chi connectivity index (χ4v) is 2.58. The first kappa shape index (κ1) is 12.7. The summed E-state index contributed by atoms with van der Waals surface area (Å²) in [5.41, 5.74) is 2.11. The molecular formula is C16H16N2O2. The molecule has 2 aromatic carbocycles. The molecule has 102 valence electrons. The molecule has 0 radical (unpaired) electrons. The molecule has 0 fully saturated rings. The van der Waals surface area contributed by atoms with Gasteiger partial charge in [0.15, 0.2) is 0 Å². The first-order valence-corrected chi connectivity index (χ1v) is 6.87. The number of imide groups is 1. The Morgan fingerprint density at radius 3 is 2.55 bits per heavy atom. The molecule has 1 heterocycles. The Balaban J connectivity index is 2.16. The van der Waals surface area contributed by atoms with Crippen molar-refractivity contribution in [3.05, 3.63) is 41.5 Å². The van der Waals surface area contributed by atoms with Crippen LogP contribution in [0, 0.1) is 0 Å². The van der Waals surface area contributed by atoms with E-state index in [-0.39, 0.29) is 11.8 Å². The Morgan fingerprint density at radius 2 is 1.80 bits per heavy atom. The lowest BCUT2D eigenvalue weighted by Gasteiger charge is -2.19. The van der Waals surface area contributed by atoms with Crippen molar-refractivity contribution >= 4 is 28.3 Å². The highest BCUT2D eigenvalue weighted by Gasteiger charge is 2.25. The second kappa shape index (κ2) is 4.96. The summed E-state index contributed by atoms with van der Waals surface area (Å²) >= 11 is 0. The van der Waals surface area contributed by atoms with E-state index in [1.807, 2.05) is 18.2 Å². The van der Waals surface area contributed by atoms with Gasteiger partial charge in [0.1, 0.15) is 0 Å². The van der Waals surface area contributed by atoms with Crippen LogP contribution in [-0.4, -0.2) is 18.4 Å². The minimum absolute atomic E-state index is 0.321. The van der Waals surface area contributed by atoms with E-state index in [0.717, 1.165) is 35.8 Å². The van der Waals surface area contributed by atoms with Crippen molar-refractivity contribution in [1.82, 2.24) is 5.32 Å². The Bertz CT molecular complexity index is 687. The van der Waals surface area contributed by atoms with E-state index in [1.165, 1.54) is 0 Å². The number of hydrogen-bond donors (Lipinski definition) is 2. The third-order valence-electron chi connectivity index (χ3n) is 3.60. The van der Waals surface area contributed by atoms with E-state index in [1.54, 1.807) is 12.1 Å². The lowest BCUT2D eigenvalue weighted by Crippen LogP contribution is -2.34. The number of carbonyl (C=O) groups excluding carboxylic acids is 2. The molecular weight excluding hydrogens is 252 g/mol. The highest BCUT2D eigenvalue weighted by atomic mass is 16.2. The predicted octanol–water partition coefficient (Wildman–Crippen LogP) is 2.94. The molecule has 0 spiro atoms. The molecule has 4 nitrogen and oxygen atoms in total. The Kier molecular flexibility index (Phi) is 3.14. The van der Waals surface area contributed by atoms with Gasteiger partial charge in [-0.3, -0.25) is 14.9 Å². The van der Waals surface area contributed by atoms with Crippen LogP contribution in [0.5, 0.6) is 0 Å². The molecule has 0 aliphatic carbocycles. The number of rotatable bonds is 4. The topological polar surface area (TPSA) is 58.2 Å². The van der Waals surface area contributed by atoms with Gasteiger partial charge >= 0.3 is 0 Å². The monoisotopic (exact) mass is 268 g/mol. The number of anilines is 1. The third-order valence-corrected chi connectivity index (χ3v) is 3.60. The van der Waals surface area contributed by atoms with Crippen molar-refractivity contribution in [2.24, 2.45) is 0 Å². The molecule has 2 amide bonds. The zero-order valence-electron chi connectivity index (χ0n) is 11.3. The van der Waals surface area contributed by atoms with Crippen LogP contribution in [0.25, 0.3) is 10.8 Å². The van der Waals surface area contributed by atoms with E-state index in [9.17, 15) is 9.59 Å². The highest BCUT2D eigenvalue weighted by Crippen LogP contribution is 2.31. The molecule has 1 aliphatic heterocycles. The summed E-state index contributed by atoms with van der Waals surface area (Å²) in [4.78, 5) is 23.8. The van der Waals surface area contributed by atoms with Gasteiger partial charge < -0.3 is 5.32 Å². The smallest absolute Gasteiger partial charge is 0.258 e. The Morgan fingerprint density at radius 1 is 1.05 bits per heavy atom. The normalized spacial score (nSPS) is 13.4. The van der Waals surface area contributed by atoms with Crippen molar-refractivity contribution in [1.29, 1.82) is 0 Å². The number of hydrogen-bond acceptors (Lipinski definition) is 3. The van der Waals surface area contributed by atoms with Gasteiger partial charge in [-0.2, -0.15) is 0 Å². The number of nitrogens with one attached hydrogen (secondary N) is 2. The lowest BCUT2D eigenvalue weighted by molar-refractivity contribution is 0.0845. The minimum atomic E-state index is -0.321. The van der Waals surface area contributed by atoms with Crippen molar-refractivity contribution < 1.29 is 9.59 Å². The quantitative estimate of drug-likeness (QED) is 0.662. The molecule has 2 N–H and O–H groups in total. The molecule has 0 bridgehead atoms. The standard InChI is InChI=1S/C16H16N2O2/c1-2-3-9-17-13-8-7-12-14-10(13)5-4-6-11(14)15(19)18-16(12)20/h4-8,17H,2-3,9H2,1H3,(H,18,19,20). The summed E-state index contributed by atoms with van der Waals surface area (Å²) in [5.74, 6) is -0.641. The highest BCUT2D eigenvalue weighted by molar-refractivity contribution is 6.26. The summed E-state index contributed by atoms with van der Waals surface area (Å²) in [6, 6.07) is 9.24. The molecule has 0 atom stereocenters. The molecule has 2 aromatic rings. The first-order chi connectivity index (χ1) is 9.72. The van der Waals surface area contributed by atoms with Crippen LogP contribution in [0.3, 0.4) is 0 Å². The second-order valence-corrected chi connectivity index (χ2v) is 4.95. The SMILES string of the molecule is CCCCNc1ccc2c3c(cccc13)C(=O)NC2=O. The maximum atomic E-state index is 11.9. The molecule has 1 aliphatic rings. The zero-order valence-corrected chi connectivity index (χ0v) is 11.3. The first-order valence-electron chi connectivity index (χ1n) is 6.87. The van der Waals surface area contributed by atoms with Gasteiger partial charge in [0.2, 0.25) is 0 Å². The second-order valence-electron chi connectivity index (χ2n) is 4.95. The van der Waals surface area contributed by atoms with Gasteiger partial charge in [-0.05, 0) is 24.6 Å². The molecule has 0 unspecified atom stereocenters. The van der Waals surface area contributed by atoms with Crippen LogP contribution < -0.4 is 10.6 Å². The fourth-order valence-electron chi connectivity index (χ4n) is 2.58. The molecule has 3 rings (SSSR count). The van der Waals surface area contributed by atoms with Crippen LogP contribution in [0.2, 0.25) is 0 Å². The molecule has 0 aromatic heterocycles.